The van der Waals surface area contributed by atoms with Crippen LogP contribution in [0.5, 0.6) is 0 Å². The van der Waals surface area contributed by atoms with E-state index in [9.17, 15) is 29.3 Å². The number of hydrogen-bond acceptors (Lipinski definition) is 9. The molecule has 1 atom stereocenters. The number of rotatable bonds is 13. The number of carbonyl (C=O) groups is 4. The monoisotopic (exact) mass is 734 g/mol. The van der Waals surface area contributed by atoms with Gasteiger partial charge in [-0.3, -0.25) is 24.5 Å². The highest BCUT2D eigenvalue weighted by molar-refractivity contribution is 8.00. The Morgan fingerprint density at radius 2 is 1.63 bits per heavy atom. The Bertz CT molecular complexity index is 2150. The van der Waals surface area contributed by atoms with E-state index in [1.807, 2.05) is 36.6 Å². The average molecular weight is 735 g/mol. The Balaban J connectivity index is 1.33. The molecular formula is C39H34N4O7S2. The minimum atomic E-state index is -0.719. The van der Waals surface area contributed by atoms with Gasteiger partial charge in [0.25, 0.3) is 17.5 Å². The summed E-state index contributed by atoms with van der Waals surface area (Å²) in [5, 5.41) is 21.5. The number of amides is 3. The molecule has 3 N–H and O–H groups in total. The molecule has 3 amide bonds. The molecule has 0 fully saturated rings. The van der Waals surface area contributed by atoms with Crippen LogP contribution in [0.1, 0.15) is 45.7 Å². The third-order valence-corrected chi connectivity index (χ3v) is 9.60. The van der Waals surface area contributed by atoms with Crippen LogP contribution in [-0.2, 0) is 14.3 Å². The molecular weight excluding hydrogens is 701 g/mol. The van der Waals surface area contributed by atoms with E-state index in [2.05, 4.69) is 16.0 Å². The summed E-state index contributed by atoms with van der Waals surface area (Å²) in [5.74, 6) is -2.18. The van der Waals surface area contributed by atoms with Gasteiger partial charge in [-0.15, -0.1) is 23.1 Å². The van der Waals surface area contributed by atoms with E-state index in [0.29, 0.717) is 21.1 Å². The number of ether oxygens (including phenoxy) is 1. The number of nitrogens with zero attached hydrogens (tertiary/aromatic N) is 1. The third kappa shape index (κ3) is 9.38. The van der Waals surface area contributed by atoms with Crippen molar-refractivity contribution in [3.63, 3.8) is 0 Å². The van der Waals surface area contributed by atoms with Crippen molar-refractivity contribution < 1.29 is 28.8 Å². The predicted octanol–water partition coefficient (Wildman–Crippen LogP) is 8.34. The SMILES string of the molecule is CCOC(=O)c1c(-c2ccc(C)cc2)csc1NC(=O)C(C)Sc1cccc(NC(=O)/C(=C\c2ccccc2[N+](=O)[O-])NC(=O)c2ccccc2)c1. The van der Waals surface area contributed by atoms with Gasteiger partial charge in [-0.25, -0.2) is 4.79 Å². The number of nitro benzene ring substituents is 1. The summed E-state index contributed by atoms with van der Waals surface area (Å²) in [7, 11) is 0. The van der Waals surface area contributed by atoms with E-state index in [-0.39, 0.29) is 40.6 Å². The van der Waals surface area contributed by atoms with Gasteiger partial charge in [0.1, 0.15) is 16.3 Å². The van der Waals surface area contributed by atoms with Crippen LogP contribution in [0.4, 0.5) is 16.4 Å². The van der Waals surface area contributed by atoms with Gasteiger partial charge in [-0.1, -0.05) is 66.2 Å². The molecule has 1 aromatic heterocycles. The van der Waals surface area contributed by atoms with Crippen LogP contribution in [-0.4, -0.2) is 40.5 Å². The van der Waals surface area contributed by atoms with Crippen molar-refractivity contribution >= 4 is 69.2 Å². The van der Waals surface area contributed by atoms with Gasteiger partial charge >= 0.3 is 5.97 Å². The first-order valence-corrected chi connectivity index (χ1v) is 17.9. The second kappa shape index (κ2) is 17.2. The summed E-state index contributed by atoms with van der Waals surface area (Å²) < 4.78 is 5.32. The van der Waals surface area contributed by atoms with Crippen molar-refractivity contribution in [3.05, 3.63) is 147 Å². The fourth-order valence-corrected chi connectivity index (χ4v) is 6.88. The first kappa shape index (κ1) is 37.2. The highest BCUT2D eigenvalue weighted by Crippen LogP contribution is 2.37. The number of hydrogen-bond donors (Lipinski definition) is 3. The Morgan fingerprint density at radius 3 is 2.35 bits per heavy atom. The molecule has 5 rings (SSSR count). The van der Waals surface area contributed by atoms with E-state index < -0.39 is 28.0 Å². The Morgan fingerprint density at radius 1 is 0.923 bits per heavy atom. The Hall–Kier alpha value is -6.05. The molecule has 0 aliphatic rings. The van der Waals surface area contributed by atoms with E-state index in [1.54, 1.807) is 74.5 Å². The van der Waals surface area contributed by atoms with Crippen molar-refractivity contribution in [1.82, 2.24) is 5.32 Å². The van der Waals surface area contributed by atoms with Gasteiger partial charge in [0.05, 0.1) is 22.3 Å². The van der Waals surface area contributed by atoms with Gasteiger partial charge in [0, 0.05) is 33.2 Å². The maximum atomic E-state index is 13.6. The standard InChI is InChI=1S/C39H34N4O7S2/c1-4-50-39(47)34-31(26-19-17-24(2)18-20-26)23-51-38(34)42-35(44)25(3)52-30-15-10-14-29(22-30)40-37(46)32(41-36(45)27-11-6-5-7-12-27)21-28-13-8-9-16-33(28)43(48)49/h5-23,25H,4H2,1-3H3,(H,40,46)(H,41,45)(H,42,44)/b32-21+. The highest BCUT2D eigenvalue weighted by Gasteiger charge is 2.25. The van der Waals surface area contributed by atoms with Gasteiger partial charge in [0.15, 0.2) is 0 Å². The minimum Gasteiger partial charge on any atom is -0.462 e. The molecule has 52 heavy (non-hydrogen) atoms. The van der Waals surface area contributed by atoms with Crippen LogP contribution >= 0.6 is 23.1 Å². The number of para-hydroxylation sites is 1. The highest BCUT2D eigenvalue weighted by atomic mass is 32.2. The molecule has 264 valence electrons. The summed E-state index contributed by atoms with van der Waals surface area (Å²) in [6, 6.07) is 28.6. The number of carbonyl (C=O) groups excluding carboxylic acids is 4. The molecule has 0 bridgehead atoms. The van der Waals surface area contributed by atoms with Crippen molar-refractivity contribution in [2.45, 2.75) is 30.9 Å². The van der Waals surface area contributed by atoms with Crippen molar-refractivity contribution in [2.24, 2.45) is 0 Å². The lowest BCUT2D eigenvalue weighted by atomic mass is 10.0. The molecule has 0 spiro atoms. The summed E-state index contributed by atoms with van der Waals surface area (Å²) in [6.07, 6.45) is 1.25. The molecule has 4 aromatic carbocycles. The third-order valence-electron chi connectivity index (χ3n) is 7.61. The summed E-state index contributed by atoms with van der Waals surface area (Å²) in [4.78, 5) is 64.8. The minimum absolute atomic E-state index is 0.123. The second-order valence-corrected chi connectivity index (χ2v) is 13.7. The smallest absolute Gasteiger partial charge is 0.341 e. The van der Waals surface area contributed by atoms with Crippen LogP contribution in [0, 0.1) is 17.0 Å². The zero-order valence-corrected chi connectivity index (χ0v) is 30.0. The average Bonchev–Trinajstić information content (AvgIpc) is 3.55. The van der Waals surface area contributed by atoms with Crippen LogP contribution in [0.3, 0.4) is 0 Å². The molecule has 0 aliphatic carbocycles. The maximum absolute atomic E-state index is 13.6. The fraction of sp³-hybridized carbons (Fsp3) is 0.128. The number of nitrogens with one attached hydrogen (secondary N) is 3. The number of benzene rings is 4. The second-order valence-electron chi connectivity index (χ2n) is 11.4. The lowest BCUT2D eigenvalue weighted by Crippen LogP contribution is -2.30. The molecule has 0 aliphatic heterocycles. The Labute approximate surface area is 308 Å². The van der Waals surface area contributed by atoms with Crippen molar-refractivity contribution in [1.29, 1.82) is 0 Å². The fourth-order valence-electron chi connectivity index (χ4n) is 4.99. The van der Waals surface area contributed by atoms with Crippen LogP contribution in [0.2, 0.25) is 0 Å². The van der Waals surface area contributed by atoms with Gasteiger partial charge < -0.3 is 20.7 Å². The van der Waals surface area contributed by atoms with Crippen LogP contribution in [0.15, 0.2) is 119 Å². The number of thiophene rings is 1. The molecule has 13 heteroatoms. The molecule has 1 unspecified atom stereocenters. The largest absolute Gasteiger partial charge is 0.462 e. The van der Waals surface area contributed by atoms with Crippen LogP contribution in [0.25, 0.3) is 17.2 Å². The van der Waals surface area contributed by atoms with Gasteiger partial charge in [0.2, 0.25) is 5.91 Å². The quantitative estimate of drug-likeness (QED) is 0.0358. The summed E-state index contributed by atoms with van der Waals surface area (Å²) in [5.41, 5.74) is 3.17. The maximum Gasteiger partial charge on any atom is 0.341 e. The van der Waals surface area contributed by atoms with E-state index >= 15 is 0 Å². The predicted molar refractivity (Wildman–Crippen MR) is 204 cm³/mol. The topological polar surface area (TPSA) is 157 Å². The molecule has 5 aromatic rings. The number of esters is 1. The van der Waals surface area contributed by atoms with Crippen molar-refractivity contribution in [2.75, 3.05) is 17.2 Å². The van der Waals surface area contributed by atoms with E-state index in [0.717, 1.165) is 11.1 Å². The molecule has 0 saturated carbocycles. The number of aryl methyl sites for hydroxylation is 1. The first-order chi connectivity index (χ1) is 25.0. The van der Waals surface area contributed by atoms with Gasteiger partial charge in [-0.2, -0.15) is 0 Å². The van der Waals surface area contributed by atoms with Gasteiger partial charge in [-0.05, 0) is 68.8 Å². The van der Waals surface area contributed by atoms with Crippen molar-refractivity contribution in [3.8, 4) is 11.1 Å². The summed E-state index contributed by atoms with van der Waals surface area (Å²) in [6.45, 7) is 5.59. The molecule has 11 nitrogen and oxygen atoms in total. The van der Waals surface area contributed by atoms with Crippen LogP contribution < -0.4 is 16.0 Å². The van der Waals surface area contributed by atoms with E-state index in [1.165, 1.54) is 47.4 Å². The lowest BCUT2D eigenvalue weighted by Gasteiger charge is -2.14. The number of thioether (sulfide) groups is 1. The first-order valence-electron chi connectivity index (χ1n) is 16.1. The zero-order chi connectivity index (χ0) is 37.2. The summed E-state index contributed by atoms with van der Waals surface area (Å²) >= 11 is 2.47. The molecule has 0 radical (unpaired) electrons. The van der Waals surface area contributed by atoms with E-state index in [4.69, 9.17) is 4.74 Å². The lowest BCUT2D eigenvalue weighted by molar-refractivity contribution is -0.385. The molecule has 0 saturated heterocycles. The zero-order valence-electron chi connectivity index (χ0n) is 28.4. The number of anilines is 2. The number of nitro groups is 1. The Kier molecular flexibility index (Phi) is 12.3. The normalized spacial score (nSPS) is 11.6. The molecule has 1 heterocycles.